The number of rotatable bonds is 7. The molecule has 1 aromatic heterocycles. The van der Waals surface area contributed by atoms with Gasteiger partial charge in [-0.1, -0.05) is 34.1 Å². The summed E-state index contributed by atoms with van der Waals surface area (Å²) < 4.78 is 22.9. The van der Waals surface area contributed by atoms with Crippen molar-refractivity contribution in [3.63, 3.8) is 0 Å². The first-order chi connectivity index (χ1) is 14.2. The van der Waals surface area contributed by atoms with Crippen molar-refractivity contribution in [2.75, 3.05) is 13.2 Å². The molecule has 3 aromatic rings. The standard InChI is InChI=1S/C22H16BrNO5/c23-16-7-9-17(10-8-16)26-12-13-28-19-5-2-1-4-15(19)14-18-22(25)29-21(24-18)20-6-3-11-27-20/h1-11,14H,12-13H2. The molecule has 0 spiro atoms. The highest BCUT2D eigenvalue weighted by Crippen LogP contribution is 2.25. The van der Waals surface area contributed by atoms with E-state index in [0.29, 0.717) is 30.3 Å². The molecular formula is C22H16BrNO5. The second-order valence-electron chi connectivity index (χ2n) is 6.00. The molecule has 146 valence electrons. The van der Waals surface area contributed by atoms with E-state index in [0.717, 1.165) is 10.2 Å². The summed E-state index contributed by atoms with van der Waals surface area (Å²) in [5.74, 6) is 1.39. The highest BCUT2D eigenvalue weighted by molar-refractivity contribution is 9.10. The lowest BCUT2D eigenvalue weighted by Gasteiger charge is -2.10. The van der Waals surface area contributed by atoms with Gasteiger partial charge in [0.15, 0.2) is 11.5 Å². The SMILES string of the molecule is O=C1OC(c2ccco2)=NC1=Cc1ccccc1OCCOc1ccc(Br)cc1. The monoisotopic (exact) mass is 453 g/mol. The molecule has 0 radical (unpaired) electrons. The lowest BCUT2D eigenvalue weighted by Crippen LogP contribution is -2.09. The Kier molecular flexibility index (Phi) is 5.76. The second kappa shape index (κ2) is 8.79. The average Bonchev–Trinajstić information content (AvgIpc) is 3.38. The summed E-state index contributed by atoms with van der Waals surface area (Å²) >= 11 is 3.39. The van der Waals surface area contributed by atoms with E-state index in [2.05, 4.69) is 20.9 Å². The van der Waals surface area contributed by atoms with E-state index >= 15 is 0 Å². The molecule has 2 heterocycles. The summed E-state index contributed by atoms with van der Waals surface area (Å²) in [5, 5.41) is 0. The molecule has 0 bridgehead atoms. The van der Waals surface area contributed by atoms with Crippen LogP contribution in [0.25, 0.3) is 6.08 Å². The summed E-state index contributed by atoms with van der Waals surface area (Å²) in [4.78, 5) is 16.3. The smallest absolute Gasteiger partial charge is 0.363 e. The van der Waals surface area contributed by atoms with Crippen LogP contribution in [0.2, 0.25) is 0 Å². The lowest BCUT2D eigenvalue weighted by molar-refractivity contribution is -0.130. The third-order valence-electron chi connectivity index (χ3n) is 3.99. The van der Waals surface area contributed by atoms with Crippen molar-refractivity contribution in [1.82, 2.24) is 0 Å². The fraction of sp³-hybridized carbons (Fsp3) is 0.0909. The average molecular weight is 454 g/mol. The highest BCUT2D eigenvalue weighted by atomic mass is 79.9. The minimum Gasteiger partial charge on any atom is -0.490 e. The third-order valence-corrected chi connectivity index (χ3v) is 4.52. The summed E-state index contributed by atoms with van der Waals surface area (Å²) in [7, 11) is 0. The fourth-order valence-electron chi connectivity index (χ4n) is 2.64. The van der Waals surface area contributed by atoms with Crippen molar-refractivity contribution >= 4 is 33.9 Å². The third kappa shape index (κ3) is 4.75. The van der Waals surface area contributed by atoms with E-state index in [-0.39, 0.29) is 11.6 Å². The molecule has 29 heavy (non-hydrogen) atoms. The zero-order valence-corrected chi connectivity index (χ0v) is 16.8. The number of cyclic esters (lactones) is 1. The Balaban J connectivity index is 1.42. The van der Waals surface area contributed by atoms with Crippen molar-refractivity contribution in [1.29, 1.82) is 0 Å². The van der Waals surface area contributed by atoms with Crippen LogP contribution in [0.4, 0.5) is 0 Å². The van der Waals surface area contributed by atoms with Gasteiger partial charge in [0, 0.05) is 10.0 Å². The molecule has 4 rings (SSSR count). The second-order valence-corrected chi connectivity index (χ2v) is 6.92. The quantitative estimate of drug-likeness (QED) is 0.290. The minimum absolute atomic E-state index is 0.146. The number of furan rings is 1. The van der Waals surface area contributed by atoms with E-state index < -0.39 is 5.97 Å². The topological polar surface area (TPSA) is 70.3 Å². The highest BCUT2D eigenvalue weighted by Gasteiger charge is 2.26. The van der Waals surface area contributed by atoms with Crippen molar-refractivity contribution < 1.29 is 23.4 Å². The number of aliphatic imine (C=N–C) groups is 1. The minimum atomic E-state index is -0.537. The van der Waals surface area contributed by atoms with Crippen LogP contribution < -0.4 is 9.47 Å². The van der Waals surface area contributed by atoms with Crippen LogP contribution in [0, 0.1) is 0 Å². The molecule has 0 amide bonds. The number of esters is 1. The van der Waals surface area contributed by atoms with Gasteiger partial charge in [-0.2, -0.15) is 0 Å². The predicted molar refractivity (Wildman–Crippen MR) is 111 cm³/mol. The molecule has 6 nitrogen and oxygen atoms in total. The molecule has 0 fully saturated rings. The molecule has 2 aromatic carbocycles. The maximum Gasteiger partial charge on any atom is 0.363 e. The molecule has 0 unspecified atom stereocenters. The van der Waals surface area contributed by atoms with Crippen molar-refractivity contribution in [3.05, 3.63) is 88.4 Å². The summed E-state index contributed by atoms with van der Waals surface area (Å²) in [5.41, 5.74) is 0.895. The van der Waals surface area contributed by atoms with Crippen LogP contribution in [-0.2, 0) is 9.53 Å². The molecule has 1 aliphatic rings. The van der Waals surface area contributed by atoms with Gasteiger partial charge < -0.3 is 18.6 Å². The van der Waals surface area contributed by atoms with Crippen molar-refractivity contribution in [3.8, 4) is 11.5 Å². The number of carbonyl (C=O) groups is 1. The van der Waals surface area contributed by atoms with E-state index in [1.165, 1.54) is 6.26 Å². The number of hydrogen-bond donors (Lipinski definition) is 0. The van der Waals surface area contributed by atoms with E-state index in [4.69, 9.17) is 18.6 Å². The molecule has 0 saturated carbocycles. The van der Waals surface area contributed by atoms with E-state index in [1.54, 1.807) is 18.2 Å². The first-order valence-electron chi connectivity index (χ1n) is 8.86. The maximum atomic E-state index is 12.1. The van der Waals surface area contributed by atoms with Crippen LogP contribution in [0.3, 0.4) is 0 Å². The van der Waals surface area contributed by atoms with Crippen molar-refractivity contribution in [2.24, 2.45) is 4.99 Å². The van der Waals surface area contributed by atoms with Crippen LogP contribution in [0.1, 0.15) is 11.3 Å². The van der Waals surface area contributed by atoms with Crippen LogP contribution in [-0.4, -0.2) is 25.1 Å². The summed E-state index contributed by atoms with van der Waals surface area (Å²) in [6, 6.07) is 18.3. The Hall–Kier alpha value is -3.32. The van der Waals surface area contributed by atoms with Crippen molar-refractivity contribution in [2.45, 2.75) is 0 Å². The number of hydrogen-bond acceptors (Lipinski definition) is 6. The number of ether oxygens (including phenoxy) is 3. The fourth-order valence-corrected chi connectivity index (χ4v) is 2.90. The molecule has 0 saturated heterocycles. The molecule has 0 aliphatic carbocycles. The Morgan fingerprint density at radius 1 is 0.966 bits per heavy atom. The zero-order chi connectivity index (χ0) is 20.1. The lowest BCUT2D eigenvalue weighted by atomic mass is 10.1. The molecule has 0 N–H and O–H groups in total. The summed E-state index contributed by atoms with van der Waals surface area (Å²) in [6.45, 7) is 0.733. The predicted octanol–water partition coefficient (Wildman–Crippen LogP) is 4.84. The van der Waals surface area contributed by atoms with Gasteiger partial charge in [-0.05, 0) is 48.5 Å². The van der Waals surface area contributed by atoms with Gasteiger partial charge in [-0.25, -0.2) is 9.79 Å². The Morgan fingerprint density at radius 3 is 2.55 bits per heavy atom. The van der Waals surface area contributed by atoms with Gasteiger partial charge in [0.1, 0.15) is 24.7 Å². The van der Waals surface area contributed by atoms with Crippen LogP contribution in [0.15, 0.2) is 86.5 Å². The van der Waals surface area contributed by atoms with Crippen LogP contribution in [0.5, 0.6) is 11.5 Å². The normalized spacial score (nSPS) is 14.6. The van der Waals surface area contributed by atoms with Gasteiger partial charge in [0.05, 0.1) is 6.26 Å². The number of nitrogens with zero attached hydrogens (tertiary/aromatic N) is 1. The van der Waals surface area contributed by atoms with Gasteiger partial charge in [0.2, 0.25) is 0 Å². The number of para-hydroxylation sites is 1. The Morgan fingerprint density at radius 2 is 1.76 bits per heavy atom. The Bertz CT molecular complexity index is 1060. The number of benzene rings is 2. The zero-order valence-electron chi connectivity index (χ0n) is 15.2. The van der Waals surface area contributed by atoms with Crippen LogP contribution >= 0.6 is 15.9 Å². The van der Waals surface area contributed by atoms with Gasteiger partial charge in [-0.3, -0.25) is 0 Å². The number of halogens is 1. The first kappa shape index (κ1) is 19.0. The van der Waals surface area contributed by atoms with Gasteiger partial charge >= 0.3 is 5.97 Å². The summed E-state index contributed by atoms with van der Waals surface area (Å²) in [6.07, 6.45) is 3.12. The van der Waals surface area contributed by atoms with E-state index in [1.807, 2.05) is 48.5 Å². The van der Waals surface area contributed by atoms with E-state index in [9.17, 15) is 4.79 Å². The maximum absolute atomic E-state index is 12.1. The molecular weight excluding hydrogens is 438 g/mol. The van der Waals surface area contributed by atoms with Gasteiger partial charge in [-0.15, -0.1) is 0 Å². The first-order valence-corrected chi connectivity index (χ1v) is 9.65. The number of carbonyl (C=O) groups excluding carboxylic acids is 1. The largest absolute Gasteiger partial charge is 0.490 e. The molecule has 1 aliphatic heterocycles. The molecule has 7 heteroatoms. The molecule has 0 atom stereocenters. The van der Waals surface area contributed by atoms with Gasteiger partial charge in [0.25, 0.3) is 5.90 Å². The Labute approximate surface area is 175 Å².